The second kappa shape index (κ2) is 5.70. The fraction of sp³-hybridized carbons (Fsp3) is 0.0625. The fourth-order valence-corrected chi connectivity index (χ4v) is 2.44. The minimum absolute atomic E-state index is 0. The molecule has 0 aromatic heterocycles. The van der Waals surface area contributed by atoms with Gasteiger partial charge in [-0.1, -0.05) is 48.8 Å². The largest absolute Gasteiger partial charge is 0.321 e. The number of halogens is 2. The Morgan fingerprint density at radius 3 is 2.50 bits per heavy atom. The first kappa shape index (κ1) is 14.6. The van der Waals surface area contributed by atoms with Gasteiger partial charge in [0.15, 0.2) is 0 Å². The highest BCUT2D eigenvalue weighted by atomic mass is 35.5. The van der Waals surface area contributed by atoms with Crippen LogP contribution in [-0.2, 0) is 4.79 Å². The van der Waals surface area contributed by atoms with Gasteiger partial charge in [0.2, 0.25) is 0 Å². The van der Waals surface area contributed by atoms with Gasteiger partial charge in [0.1, 0.15) is 0 Å². The molecule has 0 aliphatic carbocycles. The van der Waals surface area contributed by atoms with E-state index in [2.05, 4.69) is 5.32 Å². The number of nitrogens with one attached hydrogen (secondary N) is 1. The summed E-state index contributed by atoms with van der Waals surface area (Å²) in [6.45, 7) is 0. The molecule has 1 heterocycles. The van der Waals surface area contributed by atoms with Crippen LogP contribution < -0.4 is 5.32 Å². The van der Waals surface area contributed by atoms with Gasteiger partial charge in [-0.05, 0) is 35.9 Å². The predicted molar refractivity (Wildman–Crippen MR) is 86.1 cm³/mol. The second-order valence-corrected chi connectivity index (χ2v) is 5.13. The van der Waals surface area contributed by atoms with Crippen molar-refractivity contribution in [3.05, 3.63) is 63.6 Å². The second-order valence-electron chi connectivity index (χ2n) is 4.26. The standard InChI is InChI=1S/C15H9Cl2NO.CH4/c16-10-3-1-2-9(6-10)7-13-12-5-4-11(17)8-14(12)18-15(13)19;/h1-8H,(H,18,19);1H4. The van der Waals surface area contributed by atoms with Crippen LogP contribution in [0.3, 0.4) is 0 Å². The number of rotatable bonds is 1. The van der Waals surface area contributed by atoms with Gasteiger partial charge in [-0.25, -0.2) is 0 Å². The molecule has 2 aromatic rings. The molecular weight excluding hydrogens is 293 g/mol. The van der Waals surface area contributed by atoms with Crippen LogP contribution in [0.5, 0.6) is 0 Å². The Morgan fingerprint density at radius 1 is 1.00 bits per heavy atom. The number of amides is 1. The van der Waals surface area contributed by atoms with E-state index >= 15 is 0 Å². The monoisotopic (exact) mass is 305 g/mol. The first-order chi connectivity index (χ1) is 9.13. The zero-order valence-electron chi connectivity index (χ0n) is 9.78. The van der Waals surface area contributed by atoms with Gasteiger partial charge in [-0.2, -0.15) is 0 Å². The molecule has 0 atom stereocenters. The molecule has 3 rings (SSSR count). The summed E-state index contributed by atoms with van der Waals surface area (Å²) in [5.74, 6) is -0.128. The smallest absolute Gasteiger partial charge is 0.256 e. The summed E-state index contributed by atoms with van der Waals surface area (Å²) >= 11 is 11.9. The number of carbonyl (C=O) groups is 1. The minimum Gasteiger partial charge on any atom is -0.321 e. The van der Waals surface area contributed by atoms with Gasteiger partial charge in [-0.3, -0.25) is 4.79 Å². The zero-order chi connectivity index (χ0) is 13.4. The van der Waals surface area contributed by atoms with Crippen molar-refractivity contribution in [1.29, 1.82) is 0 Å². The van der Waals surface area contributed by atoms with Crippen molar-refractivity contribution in [3.8, 4) is 0 Å². The molecule has 0 saturated heterocycles. The van der Waals surface area contributed by atoms with Gasteiger partial charge >= 0.3 is 0 Å². The lowest BCUT2D eigenvalue weighted by atomic mass is 10.0. The van der Waals surface area contributed by atoms with Gasteiger partial charge in [0, 0.05) is 21.2 Å². The normalized spacial score (nSPS) is 14.7. The summed E-state index contributed by atoms with van der Waals surface area (Å²) in [5.41, 5.74) is 3.11. The molecule has 0 fully saturated rings. The van der Waals surface area contributed by atoms with Gasteiger partial charge < -0.3 is 5.32 Å². The number of hydrogen-bond donors (Lipinski definition) is 1. The van der Waals surface area contributed by atoms with Crippen LogP contribution in [-0.4, -0.2) is 5.91 Å². The lowest BCUT2D eigenvalue weighted by Crippen LogP contribution is -2.03. The van der Waals surface area contributed by atoms with Gasteiger partial charge in [0.25, 0.3) is 5.91 Å². The van der Waals surface area contributed by atoms with E-state index in [1.165, 1.54) is 0 Å². The van der Waals surface area contributed by atoms with Crippen molar-refractivity contribution in [2.45, 2.75) is 7.43 Å². The Kier molecular flexibility index (Phi) is 4.17. The summed E-state index contributed by atoms with van der Waals surface area (Å²) in [6, 6.07) is 12.7. The van der Waals surface area contributed by atoms with Crippen molar-refractivity contribution < 1.29 is 4.79 Å². The Morgan fingerprint density at radius 2 is 1.75 bits per heavy atom. The van der Waals surface area contributed by atoms with E-state index in [9.17, 15) is 4.79 Å². The Hall–Kier alpha value is -1.77. The van der Waals surface area contributed by atoms with Crippen LogP contribution in [0.4, 0.5) is 5.69 Å². The molecule has 0 radical (unpaired) electrons. The molecule has 1 aliphatic rings. The van der Waals surface area contributed by atoms with Gasteiger partial charge in [0.05, 0.1) is 5.69 Å². The highest BCUT2D eigenvalue weighted by Gasteiger charge is 2.23. The Balaban J connectivity index is 0.00000147. The SMILES string of the molecule is C.O=C1Nc2cc(Cl)ccc2C1=Cc1cccc(Cl)c1. The Bertz CT molecular complexity index is 707. The molecule has 0 bridgehead atoms. The third-order valence-electron chi connectivity index (χ3n) is 2.92. The van der Waals surface area contributed by atoms with Gasteiger partial charge in [-0.15, -0.1) is 0 Å². The fourth-order valence-electron chi connectivity index (χ4n) is 2.07. The average molecular weight is 306 g/mol. The van der Waals surface area contributed by atoms with Crippen molar-refractivity contribution in [2.24, 2.45) is 0 Å². The van der Waals surface area contributed by atoms with Crippen molar-refractivity contribution in [2.75, 3.05) is 5.32 Å². The molecule has 0 spiro atoms. The number of hydrogen-bond acceptors (Lipinski definition) is 1. The molecule has 20 heavy (non-hydrogen) atoms. The molecule has 102 valence electrons. The number of benzene rings is 2. The molecule has 2 nitrogen and oxygen atoms in total. The van der Waals surface area contributed by atoms with Crippen LogP contribution in [0, 0.1) is 0 Å². The summed E-state index contributed by atoms with van der Waals surface area (Å²) in [7, 11) is 0. The molecule has 4 heteroatoms. The van der Waals surface area contributed by atoms with E-state index in [-0.39, 0.29) is 13.3 Å². The van der Waals surface area contributed by atoms with E-state index in [1.54, 1.807) is 18.2 Å². The minimum atomic E-state index is -0.128. The van der Waals surface area contributed by atoms with Crippen LogP contribution in [0.15, 0.2) is 42.5 Å². The maximum absolute atomic E-state index is 12.0. The number of carbonyl (C=O) groups excluding carboxylic acids is 1. The molecule has 2 aromatic carbocycles. The highest BCUT2D eigenvalue weighted by Crippen LogP contribution is 2.34. The number of fused-ring (bicyclic) bond motifs is 1. The lowest BCUT2D eigenvalue weighted by Gasteiger charge is -1.99. The van der Waals surface area contributed by atoms with E-state index in [4.69, 9.17) is 23.2 Å². The maximum atomic E-state index is 12.0. The van der Waals surface area contributed by atoms with Crippen molar-refractivity contribution in [3.63, 3.8) is 0 Å². The predicted octanol–water partition coefficient (Wildman–Crippen LogP) is 5.12. The van der Waals surface area contributed by atoms with E-state index in [0.29, 0.717) is 15.6 Å². The van der Waals surface area contributed by atoms with Crippen LogP contribution in [0.2, 0.25) is 10.0 Å². The van der Waals surface area contributed by atoms with E-state index < -0.39 is 0 Å². The molecular formula is C16H13Cl2NO. The van der Waals surface area contributed by atoms with E-state index in [1.807, 2.05) is 30.3 Å². The first-order valence-electron chi connectivity index (χ1n) is 5.72. The van der Waals surface area contributed by atoms with Crippen molar-refractivity contribution >= 4 is 46.4 Å². The molecule has 1 aliphatic heterocycles. The molecule has 1 amide bonds. The summed E-state index contributed by atoms with van der Waals surface area (Å²) in [5, 5.41) is 4.04. The summed E-state index contributed by atoms with van der Waals surface area (Å²) in [6.07, 6.45) is 1.82. The van der Waals surface area contributed by atoms with Crippen LogP contribution >= 0.6 is 23.2 Å². The molecule has 1 N–H and O–H groups in total. The highest BCUT2D eigenvalue weighted by molar-refractivity contribution is 6.36. The third-order valence-corrected chi connectivity index (χ3v) is 3.39. The average Bonchev–Trinajstić information content (AvgIpc) is 2.65. The van der Waals surface area contributed by atoms with Crippen molar-refractivity contribution in [1.82, 2.24) is 0 Å². The number of anilines is 1. The molecule has 0 unspecified atom stereocenters. The molecule has 0 saturated carbocycles. The topological polar surface area (TPSA) is 29.1 Å². The van der Waals surface area contributed by atoms with Crippen LogP contribution in [0.1, 0.15) is 18.6 Å². The van der Waals surface area contributed by atoms with Crippen LogP contribution in [0.25, 0.3) is 11.6 Å². The zero-order valence-corrected chi connectivity index (χ0v) is 11.3. The quantitative estimate of drug-likeness (QED) is 0.728. The third kappa shape index (κ3) is 2.72. The van der Waals surface area contributed by atoms with E-state index in [0.717, 1.165) is 16.8 Å². The maximum Gasteiger partial charge on any atom is 0.256 e. The first-order valence-corrected chi connectivity index (χ1v) is 6.47. The summed E-state index contributed by atoms with van der Waals surface area (Å²) < 4.78 is 0. The Labute approximate surface area is 128 Å². The summed E-state index contributed by atoms with van der Waals surface area (Å²) in [4.78, 5) is 12.0. The lowest BCUT2D eigenvalue weighted by molar-refractivity contribution is -0.110.